The molecule has 0 unspecified atom stereocenters. The number of nitrogens with zero attached hydrogens (tertiary/aromatic N) is 2. The van der Waals surface area contributed by atoms with Gasteiger partial charge in [-0.15, -0.1) is 0 Å². The quantitative estimate of drug-likeness (QED) is 0.325. The number of carbonyl (C=O) groups excluding carboxylic acids is 1. The van der Waals surface area contributed by atoms with E-state index in [9.17, 15) is 4.79 Å². The second-order valence-corrected chi connectivity index (χ2v) is 3.29. The molecular weight excluding hydrogens is 212 g/mol. The van der Waals surface area contributed by atoms with Gasteiger partial charge in [0.15, 0.2) is 5.16 Å². The van der Waals surface area contributed by atoms with Crippen LogP contribution in [-0.2, 0) is 9.53 Å². The van der Waals surface area contributed by atoms with Gasteiger partial charge in [0.1, 0.15) is 6.42 Å². The van der Waals surface area contributed by atoms with Gasteiger partial charge in [0.05, 0.1) is 12.7 Å². The number of hydrogen-bond acceptors (Lipinski definition) is 5. The highest BCUT2D eigenvalue weighted by atomic mass is 32.2. The first-order valence-corrected chi connectivity index (χ1v) is 5.40. The van der Waals surface area contributed by atoms with E-state index in [0.717, 1.165) is 0 Å². The third kappa shape index (κ3) is 4.00. The molecule has 0 saturated carbocycles. The lowest BCUT2D eigenvalue weighted by atomic mass is 10.3. The van der Waals surface area contributed by atoms with Crippen LogP contribution in [0.15, 0.2) is 17.6 Å². The topological polar surface area (TPSA) is 52.1 Å². The predicted molar refractivity (Wildman–Crippen MR) is 57.3 cm³/mol. The van der Waals surface area contributed by atoms with Crippen molar-refractivity contribution in [2.45, 2.75) is 11.6 Å². The van der Waals surface area contributed by atoms with Crippen molar-refractivity contribution in [3.8, 4) is 11.8 Å². The molecule has 0 aliphatic rings. The van der Waals surface area contributed by atoms with Gasteiger partial charge in [0, 0.05) is 12.4 Å². The van der Waals surface area contributed by atoms with E-state index in [2.05, 4.69) is 26.5 Å². The summed E-state index contributed by atoms with van der Waals surface area (Å²) in [4.78, 5) is 18.8. The van der Waals surface area contributed by atoms with Crippen LogP contribution < -0.4 is 0 Å². The zero-order valence-corrected chi connectivity index (χ0v) is 9.30. The number of thioether (sulfide) groups is 1. The van der Waals surface area contributed by atoms with E-state index in [-0.39, 0.29) is 12.4 Å². The number of esters is 1. The van der Waals surface area contributed by atoms with Gasteiger partial charge >= 0.3 is 5.97 Å². The summed E-state index contributed by atoms with van der Waals surface area (Å²) in [7, 11) is 1.33. The van der Waals surface area contributed by atoms with Gasteiger partial charge in [-0.2, -0.15) is 0 Å². The SMILES string of the molecule is COC(=O)CC#Cc1cnc(SC)nc1. The smallest absolute Gasteiger partial charge is 0.317 e. The van der Waals surface area contributed by atoms with Gasteiger partial charge in [0.25, 0.3) is 0 Å². The Morgan fingerprint density at radius 1 is 1.53 bits per heavy atom. The summed E-state index contributed by atoms with van der Waals surface area (Å²) in [6, 6.07) is 0. The minimum atomic E-state index is -0.343. The average Bonchev–Trinajstić information content (AvgIpc) is 2.29. The summed E-state index contributed by atoms with van der Waals surface area (Å²) in [5.41, 5.74) is 0.691. The van der Waals surface area contributed by atoms with E-state index in [0.29, 0.717) is 10.7 Å². The summed E-state index contributed by atoms with van der Waals surface area (Å²) < 4.78 is 4.45. The first-order valence-electron chi connectivity index (χ1n) is 4.18. The van der Waals surface area contributed by atoms with E-state index in [1.807, 2.05) is 6.26 Å². The zero-order valence-electron chi connectivity index (χ0n) is 8.48. The molecule has 1 aromatic heterocycles. The fourth-order valence-corrected chi connectivity index (χ4v) is 1.09. The Labute approximate surface area is 92.5 Å². The van der Waals surface area contributed by atoms with Crippen LogP contribution in [0.4, 0.5) is 0 Å². The molecule has 0 amide bonds. The van der Waals surface area contributed by atoms with Gasteiger partial charge in [0.2, 0.25) is 0 Å². The van der Waals surface area contributed by atoms with E-state index < -0.39 is 0 Å². The van der Waals surface area contributed by atoms with Crippen LogP contribution in [0.2, 0.25) is 0 Å². The van der Waals surface area contributed by atoms with Crippen LogP contribution in [0.25, 0.3) is 0 Å². The van der Waals surface area contributed by atoms with Crippen molar-refractivity contribution in [1.82, 2.24) is 9.97 Å². The summed E-state index contributed by atoms with van der Waals surface area (Å²) >= 11 is 1.47. The maximum absolute atomic E-state index is 10.7. The molecule has 1 heterocycles. The van der Waals surface area contributed by atoms with E-state index >= 15 is 0 Å². The van der Waals surface area contributed by atoms with Crippen molar-refractivity contribution in [2.75, 3.05) is 13.4 Å². The second kappa shape index (κ2) is 6.04. The molecule has 0 bridgehead atoms. The van der Waals surface area contributed by atoms with Gasteiger partial charge in [-0.05, 0) is 6.26 Å². The fraction of sp³-hybridized carbons (Fsp3) is 0.300. The number of carbonyl (C=O) groups is 1. The molecule has 5 heteroatoms. The summed E-state index contributed by atoms with van der Waals surface area (Å²) in [6.45, 7) is 0. The first-order chi connectivity index (χ1) is 7.26. The maximum atomic E-state index is 10.7. The van der Waals surface area contributed by atoms with Gasteiger partial charge in [-0.25, -0.2) is 9.97 Å². The molecule has 0 radical (unpaired) electrons. The van der Waals surface area contributed by atoms with Crippen LogP contribution >= 0.6 is 11.8 Å². The van der Waals surface area contributed by atoms with Crippen LogP contribution in [0, 0.1) is 11.8 Å². The molecule has 0 aromatic carbocycles. The first kappa shape index (κ1) is 11.5. The Hall–Kier alpha value is -1.54. The molecule has 0 aliphatic heterocycles. The van der Waals surface area contributed by atoms with Crippen LogP contribution in [-0.4, -0.2) is 29.3 Å². The normalized spacial score (nSPS) is 8.93. The molecule has 78 valence electrons. The molecule has 0 fully saturated rings. The zero-order chi connectivity index (χ0) is 11.1. The predicted octanol–water partition coefficient (Wildman–Crippen LogP) is 1.11. The average molecular weight is 222 g/mol. The van der Waals surface area contributed by atoms with Crippen molar-refractivity contribution in [3.63, 3.8) is 0 Å². The second-order valence-electron chi connectivity index (χ2n) is 2.51. The monoisotopic (exact) mass is 222 g/mol. The summed E-state index contributed by atoms with van der Waals surface area (Å²) in [5, 5.41) is 0.702. The van der Waals surface area contributed by atoms with E-state index in [4.69, 9.17) is 0 Å². The Morgan fingerprint density at radius 3 is 2.73 bits per heavy atom. The molecule has 0 aliphatic carbocycles. The van der Waals surface area contributed by atoms with Gasteiger partial charge in [-0.1, -0.05) is 23.6 Å². The molecule has 15 heavy (non-hydrogen) atoms. The molecule has 0 spiro atoms. The standard InChI is InChI=1S/C10H10N2O2S/c1-14-9(13)5-3-4-8-6-11-10(15-2)12-7-8/h6-7H,5H2,1-2H3. The molecule has 1 rings (SSSR count). The lowest BCUT2D eigenvalue weighted by molar-refractivity contribution is -0.139. The number of methoxy groups -OCH3 is 1. The third-order valence-electron chi connectivity index (χ3n) is 1.50. The molecule has 4 nitrogen and oxygen atoms in total. The van der Waals surface area contributed by atoms with Crippen molar-refractivity contribution in [2.24, 2.45) is 0 Å². The summed E-state index contributed by atoms with van der Waals surface area (Å²) in [5.74, 6) is 5.11. The minimum Gasteiger partial charge on any atom is -0.468 e. The van der Waals surface area contributed by atoms with Crippen LogP contribution in [0.5, 0.6) is 0 Å². The van der Waals surface area contributed by atoms with Crippen LogP contribution in [0.1, 0.15) is 12.0 Å². The minimum absolute atomic E-state index is 0.0841. The van der Waals surface area contributed by atoms with Crippen LogP contribution in [0.3, 0.4) is 0 Å². The van der Waals surface area contributed by atoms with Crippen molar-refractivity contribution in [3.05, 3.63) is 18.0 Å². The lowest BCUT2D eigenvalue weighted by Gasteiger charge is -1.93. The number of aromatic nitrogens is 2. The van der Waals surface area contributed by atoms with Crippen molar-refractivity contribution in [1.29, 1.82) is 0 Å². The lowest BCUT2D eigenvalue weighted by Crippen LogP contribution is -1.97. The maximum Gasteiger partial charge on any atom is 0.317 e. The molecular formula is C10H10N2O2S. The Morgan fingerprint density at radius 2 is 2.20 bits per heavy atom. The number of ether oxygens (including phenoxy) is 1. The highest BCUT2D eigenvalue weighted by molar-refractivity contribution is 7.98. The third-order valence-corrected chi connectivity index (χ3v) is 2.08. The largest absolute Gasteiger partial charge is 0.468 e. The van der Waals surface area contributed by atoms with Crippen molar-refractivity contribution < 1.29 is 9.53 Å². The summed E-state index contributed by atoms with van der Waals surface area (Å²) in [6.07, 6.45) is 5.24. The van der Waals surface area contributed by atoms with Gasteiger partial charge < -0.3 is 4.74 Å². The fourth-order valence-electron chi connectivity index (χ4n) is 0.777. The number of hydrogen-bond donors (Lipinski definition) is 0. The van der Waals surface area contributed by atoms with Gasteiger partial charge in [-0.3, -0.25) is 4.79 Å². The highest BCUT2D eigenvalue weighted by Gasteiger charge is 1.95. The van der Waals surface area contributed by atoms with E-state index in [1.54, 1.807) is 12.4 Å². The molecule has 0 atom stereocenters. The molecule has 0 saturated heterocycles. The number of rotatable bonds is 2. The highest BCUT2D eigenvalue weighted by Crippen LogP contribution is 2.06. The molecule has 1 aromatic rings. The Kier molecular flexibility index (Phi) is 4.64. The van der Waals surface area contributed by atoms with Crippen molar-refractivity contribution >= 4 is 17.7 Å². The Balaban J connectivity index is 2.60. The van der Waals surface area contributed by atoms with E-state index in [1.165, 1.54) is 18.9 Å². The molecule has 0 N–H and O–H groups in total. The Bertz CT molecular complexity index is 392.